The van der Waals surface area contributed by atoms with Crippen LogP contribution in [0.5, 0.6) is 5.75 Å². The average Bonchev–Trinajstić information content (AvgIpc) is 2.80. The lowest BCUT2D eigenvalue weighted by Gasteiger charge is -2.53. The van der Waals surface area contributed by atoms with Gasteiger partial charge in [0.2, 0.25) is 5.78 Å². The zero-order valence-electron chi connectivity index (χ0n) is 20.0. The maximum atomic E-state index is 13.9. The zero-order valence-corrected chi connectivity index (χ0v) is 20.0. The first kappa shape index (κ1) is 26.1. The number of likely N-dealkylation sites (N-methyl/N-ethyl adjacent to an activating group) is 1. The first-order valence-electron chi connectivity index (χ1n) is 11.3. The molecular weight excluding hydrogens is 488 g/mol. The smallest absolute Gasteiger partial charge is 0.328 e. The minimum Gasteiger partial charge on any atom is -0.508 e. The van der Waals surface area contributed by atoms with Crippen LogP contribution < -0.4 is 5.73 Å². The number of hydrogen-bond acceptors (Lipinski definition) is 10. The van der Waals surface area contributed by atoms with E-state index in [0.29, 0.717) is 5.56 Å². The number of aliphatic hydroxyl groups is 4. The molecule has 196 valence electrons. The summed E-state index contributed by atoms with van der Waals surface area (Å²) in [6.07, 6.45) is 0.151. The molecule has 8 N–H and O–H groups in total. The molecule has 0 heterocycles. The van der Waals surface area contributed by atoms with Gasteiger partial charge in [-0.05, 0) is 31.7 Å². The molecule has 0 spiro atoms. The maximum absolute atomic E-state index is 13.9. The van der Waals surface area contributed by atoms with Gasteiger partial charge in [0, 0.05) is 23.1 Å². The van der Waals surface area contributed by atoms with Crippen LogP contribution in [0.1, 0.15) is 29.5 Å². The second-order valence-corrected chi connectivity index (χ2v) is 9.69. The van der Waals surface area contributed by atoms with Gasteiger partial charge in [0.05, 0.1) is 23.6 Å². The van der Waals surface area contributed by atoms with Crippen LogP contribution in [-0.2, 0) is 19.2 Å². The molecule has 0 bridgehead atoms. The third-order valence-electron chi connectivity index (χ3n) is 7.57. The van der Waals surface area contributed by atoms with Gasteiger partial charge in [-0.15, -0.1) is 0 Å². The number of carboxylic acid groups (broad SMARTS) is 1. The van der Waals surface area contributed by atoms with Crippen molar-refractivity contribution in [3.05, 3.63) is 51.8 Å². The van der Waals surface area contributed by atoms with Crippen molar-refractivity contribution in [2.75, 3.05) is 14.1 Å². The van der Waals surface area contributed by atoms with E-state index in [1.54, 1.807) is 6.92 Å². The number of benzene rings is 1. The Morgan fingerprint density at radius 3 is 2.30 bits per heavy atom. The number of aliphatic hydroxyl groups excluding tert-OH is 3. The van der Waals surface area contributed by atoms with Crippen LogP contribution in [0, 0.1) is 11.8 Å². The number of Topliss-reactive ketones (excluding diaryl/α,β-unsaturated/α-hetero) is 2. The monoisotopic (exact) mass is 514 g/mol. The number of aliphatic carboxylic acids is 1. The second kappa shape index (κ2) is 8.54. The Morgan fingerprint density at radius 1 is 1.14 bits per heavy atom. The molecule has 6 atom stereocenters. The summed E-state index contributed by atoms with van der Waals surface area (Å²) in [5.41, 5.74) is 0.862. The molecule has 4 rings (SSSR count). The standard InChI is InChI=1S/C25H26N2O10/c1-8-10-6-4-9(5-7-11(28)29)18(30)13(10)19(31)14-12(8)20(32)16-17(27(2)3)21(33)15(24(26)36)23(35)25(16,37)22(14)34/h4-8,12,16-17,20,30-32,35,37H,1-3H3,(H2,26,36)(H,28,29)/b7-5+/t8-,12+,16+,17-,20-,25-/m0/s1. The number of nitrogens with zero attached hydrogens (tertiary/aromatic N) is 1. The van der Waals surface area contributed by atoms with Gasteiger partial charge in [-0.1, -0.05) is 19.1 Å². The Bertz CT molecular complexity index is 1360. The molecule has 37 heavy (non-hydrogen) atoms. The highest BCUT2D eigenvalue weighted by atomic mass is 16.4. The van der Waals surface area contributed by atoms with E-state index < -0.39 is 87.4 Å². The molecule has 0 aromatic heterocycles. The van der Waals surface area contributed by atoms with Crippen molar-refractivity contribution in [2.45, 2.75) is 30.6 Å². The second-order valence-electron chi connectivity index (χ2n) is 9.69. The quantitative estimate of drug-likeness (QED) is 0.202. The van der Waals surface area contributed by atoms with Crippen molar-refractivity contribution < 1.29 is 49.8 Å². The number of phenolic OH excluding ortho intramolecular Hbond substituents is 1. The predicted molar refractivity (Wildman–Crippen MR) is 127 cm³/mol. The molecule has 3 aliphatic rings. The van der Waals surface area contributed by atoms with Gasteiger partial charge in [-0.25, -0.2) is 4.79 Å². The Hall–Kier alpha value is -4.00. The van der Waals surface area contributed by atoms with Crippen molar-refractivity contribution in [2.24, 2.45) is 17.6 Å². The van der Waals surface area contributed by atoms with E-state index in [2.05, 4.69) is 0 Å². The first-order chi connectivity index (χ1) is 17.2. The van der Waals surface area contributed by atoms with E-state index in [4.69, 9.17) is 10.8 Å². The number of hydrogen-bond donors (Lipinski definition) is 7. The molecule has 0 unspecified atom stereocenters. The first-order valence-corrected chi connectivity index (χ1v) is 11.3. The van der Waals surface area contributed by atoms with Gasteiger partial charge < -0.3 is 36.4 Å². The van der Waals surface area contributed by atoms with Crippen LogP contribution in [0.25, 0.3) is 11.8 Å². The Kier molecular flexibility index (Phi) is 6.02. The van der Waals surface area contributed by atoms with Crippen LogP contribution in [0.2, 0.25) is 0 Å². The number of fused-ring (bicyclic) bond motifs is 3. The lowest BCUT2D eigenvalue weighted by molar-refractivity contribution is -0.169. The molecule has 0 radical (unpaired) electrons. The van der Waals surface area contributed by atoms with Crippen molar-refractivity contribution in [3.63, 3.8) is 0 Å². The molecule has 1 aromatic rings. The molecule has 1 amide bonds. The molecular formula is C25H26N2O10. The fourth-order valence-corrected chi connectivity index (χ4v) is 5.93. The van der Waals surface area contributed by atoms with Crippen molar-refractivity contribution in [1.82, 2.24) is 4.90 Å². The number of aromatic hydroxyl groups is 1. The predicted octanol–water partition coefficient (Wildman–Crippen LogP) is -0.406. The van der Waals surface area contributed by atoms with Crippen LogP contribution in [0.15, 0.2) is 35.1 Å². The highest BCUT2D eigenvalue weighted by Gasteiger charge is 2.68. The summed E-state index contributed by atoms with van der Waals surface area (Å²) in [5.74, 6) is -11.2. The molecule has 1 saturated carbocycles. The molecule has 0 aliphatic heterocycles. The van der Waals surface area contributed by atoms with Crippen LogP contribution in [0.4, 0.5) is 0 Å². The summed E-state index contributed by atoms with van der Waals surface area (Å²) >= 11 is 0. The SMILES string of the molecule is C[C@H]1c2ccc(/C=C/C(=O)O)c(O)c2C(O)=C2C(=O)[C@]3(O)C(O)=C(C(N)=O)C(=O)[C@@H](N(C)C)[C@@H]3[C@@H](O)[C@@H]21. The molecule has 3 aliphatic carbocycles. The highest BCUT2D eigenvalue weighted by molar-refractivity contribution is 6.24. The maximum Gasteiger partial charge on any atom is 0.328 e. The fraction of sp³-hybridized carbons (Fsp3) is 0.360. The van der Waals surface area contributed by atoms with Gasteiger partial charge in [0.25, 0.3) is 5.91 Å². The largest absolute Gasteiger partial charge is 0.508 e. The Labute approximate surface area is 210 Å². The van der Waals surface area contributed by atoms with Crippen LogP contribution in [-0.4, -0.2) is 90.8 Å². The van der Waals surface area contributed by atoms with Crippen molar-refractivity contribution >= 4 is 35.3 Å². The van der Waals surface area contributed by atoms with E-state index in [-0.39, 0.29) is 11.1 Å². The number of carbonyl (C=O) groups is 4. The highest BCUT2D eigenvalue weighted by Crippen LogP contribution is 2.56. The molecule has 12 nitrogen and oxygen atoms in total. The van der Waals surface area contributed by atoms with Gasteiger partial charge in [0.1, 0.15) is 22.8 Å². The van der Waals surface area contributed by atoms with Crippen molar-refractivity contribution in [1.29, 1.82) is 0 Å². The van der Waals surface area contributed by atoms with Gasteiger partial charge in [-0.2, -0.15) is 0 Å². The normalized spacial score (nSPS) is 31.5. The number of phenols is 1. The summed E-state index contributed by atoms with van der Waals surface area (Å²) in [7, 11) is 2.85. The zero-order chi connectivity index (χ0) is 27.7. The minimum atomic E-state index is -3.00. The minimum absolute atomic E-state index is 0.00837. The van der Waals surface area contributed by atoms with Crippen molar-refractivity contribution in [3.8, 4) is 5.75 Å². The van der Waals surface area contributed by atoms with Gasteiger partial charge in [-0.3, -0.25) is 19.3 Å². The number of nitrogens with two attached hydrogens (primary N) is 1. The number of rotatable bonds is 4. The fourth-order valence-electron chi connectivity index (χ4n) is 5.93. The number of amides is 1. The summed E-state index contributed by atoms with van der Waals surface area (Å²) < 4.78 is 0. The van der Waals surface area contributed by atoms with E-state index in [1.165, 1.54) is 31.1 Å². The molecule has 0 saturated heterocycles. The van der Waals surface area contributed by atoms with E-state index in [0.717, 1.165) is 12.2 Å². The third kappa shape index (κ3) is 3.40. The summed E-state index contributed by atoms with van der Waals surface area (Å²) in [6.45, 7) is 1.60. The number of carbonyl (C=O) groups excluding carboxylic acids is 3. The van der Waals surface area contributed by atoms with Crippen LogP contribution in [0.3, 0.4) is 0 Å². The topological polar surface area (TPSA) is 219 Å². The summed E-state index contributed by atoms with van der Waals surface area (Å²) in [5, 5.41) is 65.0. The summed E-state index contributed by atoms with van der Waals surface area (Å²) in [4.78, 5) is 51.2. The number of ketones is 2. The molecule has 12 heteroatoms. The summed E-state index contributed by atoms with van der Waals surface area (Å²) in [6, 6.07) is 1.46. The Morgan fingerprint density at radius 2 is 1.76 bits per heavy atom. The molecule has 1 aromatic carbocycles. The Balaban J connectivity index is 2.03. The van der Waals surface area contributed by atoms with E-state index in [9.17, 15) is 44.7 Å². The van der Waals surface area contributed by atoms with Crippen LogP contribution >= 0.6 is 0 Å². The lowest BCUT2D eigenvalue weighted by Crippen LogP contribution is -2.70. The number of primary amides is 1. The van der Waals surface area contributed by atoms with E-state index >= 15 is 0 Å². The third-order valence-corrected chi connectivity index (χ3v) is 7.57. The van der Waals surface area contributed by atoms with Gasteiger partial charge >= 0.3 is 5.97 Å². The lowest BCUT2D eigenvalue weighted by atomic mass is 9.54. The molecule has 1 fully saturated rings. The van der Waals surface area contributed by atoms with Gasteiger partial charge in [0.15, 0.2) is 11.4 Å². The van der Waals surface area contributed by atoms with E-state index in [1.807, 2.05) is 0 Å². The average molecular weight is 514 g/mol. The number of carboxylic acids is 1.